The fourth-order valence-electron chi connectivity index (χ4n) is 2.84. The third-order valence-corrected chi connectivity index (χ3v) is 4.01. The Morgan fingerprint density at radius 1 is 1.42 bits per heavy atom. The van der Waals surface area contributed by atoms with E-state index in [9.17, 15) is 9.90 Å². The van der Waals surface area contributed by atoms with Crippen LogP contribution in [0.1, 0.15) is 55.5 Å². The molecule has 2 rings (SSSR count). The maximum atomic E-state index is 12.2. The molecule has 0 radical (unpaired) electrons. The molecule has 1 amide bonds. The fourth-order valence-corrected chi connectivity index (χ4v) is 2.84. The number of phenolic OH excluding ortho intramolecular Hbond substituents is 1. The van der Waals surface area contributed by atoms with Gasteiger partial charge < -0.3 is 10.4 Å². The number of hydrogen-bond donors (Lipinski definition) is 2. The average Bonchev–Trinajstić information content (AvgIpc) is 2.31. The second kappa shape index (κ2) is 5.24. The Balaban J connectivity index is 2.02. The van der Waals surface area contributed by atoms with Crippen molar-refractivity contribution in [2.24, 2.45) is 5.41 Å². The minimum Gasteiger partial charge on any atom is -0.508 e. The normalized spacial score (nSPS) is 21.9. The van der Waals surface area contributed by atoms with Crippen molar-refractivity contribution in [2.45, 2.75) is 52.5 Å². The number of carbonyl (C=O) groups is 1. The van der Waals surface area contributed by atoms with Crippen molar-refractivity contribution in [3.8, 4) is 5.75 Å². The van der Waals surface area contributed by atoms with Crippen LogP contribution in [-0.4, -0.2) is 17.1 Å². The van der Waals surface area contributed by atoms with Crippen LogP contribution in [0.5, 0.6) is 5.75 Å². The Morgan fingerprint density at radius 2 is 2.16 bits per heavy atom. The van der Waals surface area contributed by atoms with Crippen LogP contribution in [0, 0.1) is 12.3 Å². The first-order valence-electron chi connectivity index (χ1n) is 6.98. The van der Waals surface area contributed by atoms with Crippen molar-refractivity contribution in [1.82, 2.24) is 5.32 Å². The highest BCUT2D eigenvalue weighted by Gasteiger charge is 2.28. The van der Waals surface area contributed by atoms with E-state index in [2.05, 4.69) is 19.2 Å². The highest BCUT2D eigenvalue weighted by atomic mass is 16.3. The molecule has 0 aliphatic heterocycles. The summed E-state index contributed by atoms with van der Waals surface area (Å²) >= 11 is 0. The zero-order valence-corrected chi connectivity index (χ0v) is 12.0. The highest BCUT2D eigenvalue weighted by molar-refractivity contribution is 5.94. The largest absolute Gasteiger partial charge is 0.508 e. The number of phenols is 1. The minimum atomic E-state index is -0.0852. The van der Waals surface area contributed by atoms with Crippen LogP contribution < -0.4 is 5.32 Å². The lowest BCUT2D eigenvalue weighted by Crippen LogP contribution is -2.40. The van der Waals surface area contributed by atoms with E-state index in [1.54, 1.807) is 18.2 Å². The van der Waals surface area contributed by atoms with Gasteiger partial charge in [0.2, 0.25) is 0 Å². The molecular weight excluding hydrogens is 238 g/mol. The molecule has 2 N–H and O–H groups in total. The van der Waals surface area contributed by atoms with Crippen molar-refractivity contribution in [2.75, 3.05) is 0 Å². The molecule has 1 aliphatic rings. The molecule has 0 bridgehead atoms. The maximum Gasteiger partial charge on any atom is 0.251 e. The van der Waals surface area contributed by atoms with Gasteiger partial charge in [0.25, 0.3) is 5.91 Å². The van der Waals surface area contributed by atoms with Crippen LogP contribution in [-0.2, 0) is 0 Å². The molecule has 1 saturated carbocycles. The van der Waals surface area contributed by atoms with Gasteiger partial charge in [-0.3, -0.25) is 4.79 Å². The average molecular weight is 261 g/mol. The summed E-state index contributed by atoms with van der Waals surface area (Å²) < 4.78 is 0. The van der Waals surface area contributed by atoms with Gasteiger partial charge >= 0.3 is 0 Å². The van der Waals surface area contributed by atoms with E-state index >= 15 is 0 Å². The predicted molar refractivity (Wildman–Crippen MR) is 76.3 cm³/mol. The van der Waals surface area contributed by atoms with Crippen molar-refractivity contribution < 1.29 is 9.90 Å². The topological polar surface area (TPSA) is 49.3 Å². The van der Waals surface area contributed by atoms with Gasteiger partial charge in [0.05, 0.1) is 0 Å². The highest BCUT2D eigenvalue weighted by Crippen LogP contribution is 2.35. The number of amides is 1. The van der Waals surface area contributed by atoms with Crippen molar-refractivity contribution >= 4 is 5.91 Å². The molecular formula is C16H23NO2. The first-order valence-corrected chi connectivity index (χ1v) is 6.98. The van der Waals surface area contributed by atoms with Gasteiger partial charge in [-0.05, 0) is 49.3 Å². The van der Waals surface area contributed by atoms with E-state index in [1.807, 2.05) is 6.92 Å². The Kier molecular flexibility index (Phi) is 3.83. The standard InChI is InChI=1S/C16H23NO2/c1-11-6-7-12(9-14(11)18)15(19)17-13-5-4-8-16(2,3)10-13/h6-7,9,13,18H,4-5,8,10H2,1-3H3,(H,17,19). The van der Waals surface area contributed by atoms with E-state index in [0.29, 0.717) is 11.0 Å². The molecule has 0 spiro atoms. The number of carbonyl (C=O) groups excluding carboxylic acids is 1. The molecule has 1 fully saturated rings. The summed E-state index contributed by atoms with van der Waals surface area (Å²) in [6, 6.07) is 5.33. The molecule has 1 unspecified atom stereocenters. The van der Waals surface area contributed by atoms with E-state index in [-0.39, 0.29) is 17.7 Å². The SMILES string of the molecule is Cc1ccc(C(=O)NC2CCCC(C)(C)C2)cc1O. The molecule has 0 aromatic heterocycles. The molecule has 1 aliphatic carbocycles. The fraction of sp³-hybridized carbons (Fsp3) is 0.562. The van der Waals surface area contributed by atoms with Gasteiger partial charge in [-0.2, -0.15) is 0 Å². The number of aryl methyl sites for hydroxylation is 1. The zero-order chi connectivity index (χ0) is 14.0. The van der Waals surface area contributed by atoms with Crippen LogP contribution in [0.3, 0.4) is 0 Å². The summed E-state index contributed by atoms with van der Waals surface area (Å²) in [5.74, 6) is 0.0922. The van der Waals surface area contributed by atoms with Crippen LogP contribution in [0.4, 0.5) is 0 Å². The lowest BCUT2D eigenvalue weighted by molar-refractivity contribution is 0.0902. The second-order valence-corrected chi connectivity index (χ2v) is 6.43. The monoisotopic (exact) mass is 261 g/mol. The summed E-state index contributed by atoms with van der Waals surface area (Å²) in [4.78, 5) is 12.2. The van der Waals surface area contributed by atoms with Gasteiger partial charge in [0, 0.05) is 11.6 Å². The third kappa shape index (κ3) is 3.49. The van der Waals surface area contributed by atoms with Crippen molar-refractivity contribution in [3.05, 3.63) is 29.3 Å². The molecule has 1 aromatic rings. The summed E-state index contributed by atoms with van der Waals surface area (Å²) in [6.45, 7) is 6.33. The summed E-state index contributed by atoms with van der Waals surface area (Å²) in [5.41, 5.74) is 1.63. The first kappa shape index (κ1) is 13.9. The number of nitrogens with one attached hydrogen (secondary N) is 1. The Hall–Kier alpha value is -1.51. The van der Waals surface area contributed by atoms with Gasteiger partial charge in [-0.15, -0.1) is 0 Å². The summed E-state index contributed by atoms with van der Waals surface area (Å²) in [6.07, 6.45) is 4.46. The number of aromatic hydroxyl groups is 1. The molecule has 0 heterocycles. The zero-order valence-electron chi connectivity index (χ0n) is 12.0. The number of rotatable bonds is 2. The Morgan fingerprint density at radius 3 is 2.79 bits per heavy atom. The van der Waals surface area contributed by atoms with Gasteiger partial charge in [-0.25, -0.2) is 0 Å². The summed E-state index contributed by atoms with van der Waals surface area (Å²) in [7, 11) is 0. The first-order chi connectivity index (χ1) is 8.87. The van der Waals surface area contributed by atoms with Crippen LogP contribution in [0.2, 0.25) is 0 Å². The maximum absolute atomic E-state index is 12.2. The molecule has 1 aromatic carbocycles. The molecule has 3 heteroatoms. The van der Waals surface area contributed by atoms with Crippen LogP contribution in [0.15, 0.2) is 18.2 Å². The smallest absolute Gasteiger partial charge is 0.251 e. The molecule has 3 nitrogen and oxygen atoms in total. The predicted octanol–water partition coefficient (Wildman–Crippen LogP) is 3.40. The van der Waals surface area contributed by atoms with Gasteiger partial charge in [0.15, 0.2) is 0 Å². The molecule has 19 heavy (non-hydrogen) atoms. The molecule has 1 atom stereocenters. The van der Waals surface area contributed by atoms with Crippen molar-refractivity contribution in [3.63, 3.8) is 0 Å². The van der Waals surface area contributed by atoms with Crippen LogP contribution in [0.25, 0.3) is 0 Å². The lowest BCUT2D eigenvalue weighted by Gasteiger charge is -2.35. The quantitative estimate of drug-likeness (QED) is 0.857. The minimum absolute atomic E-state index is 0.0852. The third-order valence-electron chi connectivity index (χ3n) is 4.01. The Labute approximate surface area is 115 Å². The van der Waals surface area contributed by atoms with Gasteiger partial charge in [-0.1, -0.05) is 26.3 Å². The molecule has 0 saturated heterocycles. The van der Waals surface area contributed by atoms with E-state index in [0.717, 1.165) is 24.8 Å². The summed E-state index contributed by atoms with van der Waals surface area (Å²) in [5, 5.41) is 12.7. The molecule has 104 valence electrons. The van der Waals surface area contributed by atoms with E-state index in [1.165, 1.54) is 6.42 Å². The second-order valence-electron chi connectivity index (χ2n) is 6.43. The van der Waals surface area contributed by atoms with Crippen LogP contribution >= 0.6 is 0 Å². The Bertz CT molecular complexity index is 480. The number of benzene rings is 1. The lowest BCUT2D eigenvalue weighted by atomic mass is 9.75. The van der Waals surface area contributed by atoms with E-state index in [4.69, 9.17) is 0 Å². The van der Waals surface area contributed by atoms with Crippen molar-refractivity contribution in [1.29, 1.82) is 0 Å². The van der Waals surface area contributed by atoms with Gasteiger partial charge in [0.1, 0.15) is 5.75 Å². The number of hydrogen-bond acceptors (Lipinski definition) is 2. The van der Waals surface area contributed by atoms with E-state index < -0.39 is 0 Å².